The summed E-state index contributed by atoms with van der Waals surface area (Å²) in [5.41, 5.74) is 2.41. The highest BCUT2D eigenvalue weighted by Crippen LogP contribution is 2.26. The number of hydrogen-bond donors (Lipinski definition) is 2. The molecule has 0 aromatic heterocycles. The molecule has 0 saturated carbocycles. The van der Waals surface area contributed by atoms with Crippen LogP contribution < -0.4 is 5.32 Å². The molecular formula is C14H12Br2FNO. The van der Waals surface area contributed by atoms with Crippen LogP contribution in [0, 0.1) is 12.7 Å². The van der Waals surface area contributed by atoms with Crippen LogP contribution >= 0.6 is 31.9 Å². The van der Waals surface area contributed by atoms with E-state index >= 15 is 0 Å². The maximum absolute atomic E-state index is 13.3. The molecule has 0 atom stereocenters. The third-order valence-corrected chi connectivity index (χ3v) is 3.88. The Balaban J connectivity index is 2.19. The third kappa shape index (κ3) is 3.48. The molecule has 19 heavy (non-hydrogen) atoms. The zero-order valence-corrected chi connectivity index (χ0v) is 13.3. The molecular weight excluding hydrogens is 377 g/mol. The van der Waals surface area contributed by atoms with Crippen LogP contribution in [-0.4, -0.2) is 5.11 Å². The van der Waals surface area contributed by atoms with E-state index < -0.39 is 0 Å². The van der Waals surface area contributed by atoms with Crippen molar-refractivity contribution in [3.8, 4) is 5.75 Å². The van der Waals surface area contributed by atoms with Gasteiger partial charge in [0, 0.05) is 22.3 Å². The Morgan fingerprint density at radius 1 is 1.21 bits per heavy atom. The Morgan fingerprint density at radius 2 is 1.95 bits per heavy atom. The van der Waals surface area contributed by atoms with E-state index in [0.717, 1.165) is 21.3 Å². The largest absolute Gasteiger partial charge is 0.508 e. The van der Waals surface area contributed by atoms with E-state index in [0.29, 0.717) is 11.0 Å². The number of nitrogens with one attached hydrogen (secondary N) is 1. The zero-order valence-electron chi connectivity index (χ0n) is 10.2. The molecule has 5 heteroatoms. The molecule has 2 rings (SSSR count). The van der Waals surface area contributed by atoms with E-state index in [1.165, 1.54) is 6.07 Å². The van der Waals surface area contributed by atoms with Gasteiger partial charge >= 0.3 is 0 Å². The van der Waals surface area contributed by atoms with E-state index in [4.69, 9.17) is 0 Å². The average Bonchev–Trinajstić information content (AvgIpc) is 2.36. The first-order chi connectivity index (χ1) is 8.97. The fraction of sp³-hybridized carbons (Fsp3) is 0.143. The van der Waals surface area contributed by atoms with Crippen molar-refractivity contribution < 1.29 is 9.50 Å². The van der Waals surface area contributed by atoms with Crippen LogP contribution in [0.3, 0.4) is 0 Å². The predicted molar refractivity (Wildman–Crippen MR) is 82.0 cm³/mol. The van der Waals surface area contributed by atoms with Crippen LogP contribution in [0.2, 0.25) is 0 Å². The molecule has 0 aliphatic rings. The first-order valence-corrected chi connectivity index (χ1v) is 7.23. The van der Waals surface area contributed by atoms with Crippen LogP contribution in [-0.2, 0) is 6.54 Å². The number of hydrogen-bond acceptors (Lipinski definition) is 2. The zero-order chi connectivity index (χ0) is 14.0. The van der Waals surface area contributed by atoms with Gasteiger partial charge in [-0.3, -0.25) is 0 Å². The molecule has 0 heterocycles. The Kier molecular flexibility index (Phi) is 4.47. The molecule has 0 unspecified atom stereocenters. The van der Waals surface area contributed by atoms with Crippen LogP contribution in [0.5, 0.6) is 5.75 Å². The number of phenolic OH excluding ortho intramolecular Hbond substituents is 1. The Labute approximate surface area is 127 Å². The third-order valence-electron chi connectivity index (χ3n) is 2.78. The van der Waals surface area contributed by atoms with E-state index in [1.54, 1.807) is 18.2 Å². The van der Waals surface area contributed by atoms with Crippen LogP contribution in [0.1, 0.15) is 11.1 Å². The molecule has 2 aromatic carbocycles. The van der Waals surface area contributed by atoms with Gasteiger partial charge in [-0.15, -0.1) is 0 Å². The molecule has 0 bridgehead atoms. The highest BCUT2D eigenvalue weighted by molar-refractivity contribution is 9.10. The van der Waals surface area contributed by atoms with Gasteiger partial charge < -0.3 is 10.4 Å². The van der Waals surface area contributed by atoms with Gasteiger partial charge in [-0.2, -0.15) is 0 Å². The summed E-state index contributed by atoms with van der Waals surface area (Å²) in [5, 5.41) is 12.9. The van der Waals surface area contributed by atoms with Crippen molar-refractivity contribution in [1.29, 1.82) is 0 Å². The summed E-state index contributed by atoms with van der Waals surface area (Å²) in [6.07, 6.45) is 0. The first kappa shape index (κ1) is 14.3. The number of anilines is 1. The highest BCUT2D eigenvalue weighted by Gasteiger charge is 2.07. The number of rotatable bonds is 3. The van der Waals surface area contributed by atoms with Gasteiger partial charge in [-0.1, -0.05) is 15.9 Å². The predicted octanol–water partition coefficient (Wildman–Crippen LogP) is 4.98. The Bertz CT molecular complexity index is 617. The van der Waals surface area contributed by atoms with Crippen molar-refractivity contribution >= 4 is 37.5 Å². The quantitative estimate of drug-likeness (QED) is 0.777. The van der Waals surface area contributed by atoms with Gasteiger partial charge in [0.1, 0.15) is 11.6 Å². The Morgan fingerprint density at radius 3 is 2.68 bits per heavy atom. The first-order valence-electron chi connectivity index (χ1n) is 5.64. The molecule has 0 aliphatic heterocycles. The second-order valence-corrected chi connectivity index (χ2v) is 5.98. The molecule has 0 spiro atoms. The number of aromatic hydroxyl groups is 1. The fourth-order valence-electron chi connectivity index (χ4n) is 1.72. The summed E-state index contributed by atoms with van der Waals surface area (Å²) < 4.78 is 14.6. The van der Waals surface area contributed by atoms with Gasteiger partial charge in [-0.05, 0) is 58.7 Å². The van der Waals surface area contributed by atoms with Crippen LogP contribution in [0.15, 0.2) is 39.3 Å². The highest BCUT2D eigenvalue weighted by atomic mass is 79.9. The fourth-order valence-corrected chi connectivity index (χ4v) is 2.47. The maximum Gasteiger partial charge on any atom is 0.137 e. The lowest BCUT2D eigenvalue weighted by Gasteiger charge is -2.12. The van der Waals surface area contributed by atoms with E-state index in [-0.39, 0.29) is 11.6 Å². The van der Waals surface area contributed by atoms with E-state index in [9.17, 15) is 9.50 Å². The van der Waals surface area contributed by atoms with Crippen LogP contribution in [0.25, 0.3) is 0 Å². The summed E-state index contributed by atoms with van der Waals surface area (Å²) in [6, 6.07) is 8.41. The second kappa shape index (κ2) is 5.92. The van der Waals surface area contributed by atoms with Gasteiger partial charge in [0.05, 0.1) is 4.47 Å². The van der Waals surface area contributed by atoms with Crippen molar-refractivity contribution in [3.05, 3.63) is 56.2 Å². The van der Waals surface area contributed by atoms with E-state index in [2.05, 4.69) is 37.2 Å². The van der Waals surface area contributed by atoms with Gasteiger partial charge in [0.15, 0.2) is 0 Å². The molecule has 0 aliphatic carbocycles. The lowest BCUT2D eigenvalue weighted by Crippen LogP contribution is -2.02. The minimum Gasteiger partial charge on any atom is -0.508 e. The molecule has 2 N–H and O–H groups in total. The molecule has 0 radical (unpaired) electrons. The van der Waals surface area contributed by atoms with E-state index in [1.807, 2.05) is 13.0 Å². The number of benzene rings is 2. The van der Waals surface area contributed by atoms with Crippen molar-refractivity contribution in [1.82, 2.24) is 0 Å². The summed E-state index contributed by atoms with van der Waals surface area (Å²) >= 11 is 6.52. The minimum atomic E-state index is -0.284. The standard InChI is InChI=1S/C14H12Br2FNO/c1-8-4-12(17)11(16)6-13(8)18-7-9-5-10(15)2-3-14(9)19/h2-6,18-19H,7H2,1H3. The summed E-state index contributed by atoms with van der Waals surface area (Å²) in [4.78, 5) is 0. The van der Waals surface area contributed by atoms with Gasteiger partial charge in [0.2, 0.25) is 0 Å². The lowest BCUT2D eigenvalue weighted by molar-refractivity contribution is 0.469. The summed E-state index contributed by atoms with van der Waals surface area (Å²) in [6.45, 7) is 2.29. The molecule has 2 aromatic rings. The number of halogens is 3. The summed E-state index contributed by atoms with van der Waals surface area (Å²) in [7, 11) is 0. The van der Waals surface area contributed by atoms with Crippen molar-refractivity contribution in [2.45, 2.75) is 13.5 Å². The SMILES string of the molecule is Cc1cc(F)c(Br)cc1NCc1cc(Br)ccc1O. The molecule has 0 fully saturated rings. The maximum atomic E-state index is 13.3. The topological polar surface area (TPSA) is 32.3 Å². The second-order valence-electron chi connectivity index (χ2n) is 4.21. The molecule has 2 nitrogen and oxygen atoms in total. The minimum absolute atomic E-state index is 0.231. The lowest BCUT2D eigenvalue weighted by atomic mass is 10.1. The average molecular weight is 389 g/mol. The normalized spacial score (nSPS) is 10.5. The van der Waals surface area contributed by atoms with Crippen LogP contribution in [0.4, 0.5) is 10.1 Å². The Hall–Kier alpha value is -1.07. The van der Waals surface area contributed by atoms with Crippen molar-refractivity contribution in [3.63, 3.8) is 0 Å². The monoisotopic (exact) mass is 387 g/mol. The van der Waals surface area contributed by atoms with Gasteiger partial charge in [0.25, 0.3) is 0 Å². The number of phenols is 1. The molecule has 100 valence electrons. The molecule has 0 amide bonds. The van der Waals surface area contributed by atoms with Gasteiger partial charge in [-0.25, -0.2) is 4.39 Å². The molecule has 0 saturated heterocycles. The number of aryl methyl sites for hydroxylation is 1. The van der Waals surface area contributed by atoms with Crippen molar-refractivity contribution in [2.75, 3.05) is 5.32 Å². The smallest absolute Gasteiger partial charge is 0.137 e. The van der Waals surface area contributed by atoms with Crippen molar-refractivity contribution in [2.24, 2.45) is 0 Å². The summed E-state index contributed by atoms with van der Waals surface area (Å²) in [5.74, 6) is -0.0529.